The summed E-state index contributed by atoms with van der Waals surface area (Å²) in [5.74, 6) is -1.75. The topological polar surface area (TPSA) is 133 Å². The van der Waals surface area contributed by atoms with E-state index in [1.807, 2.05) is 0 Å². The molecule has 1 aromatic rings. The second kappa shape index (κ2) is 9.14. The summed E-state index contributed by atoms with van der Waals surface area (Å²) in [5, 5.41) is 13.5. The number of carboxylic acids is 1. The summed E-state index contributed by atoms with van der Waals surface area (Å²) in [6.07, 6.45) is 0.192. The Hall–Kier alpha value is -2.46. The molecule has 1 aromatic carbocycles. The van der Waals surface area contributed by atoms with Crippen molar-refractivity contribution in [1.82, 2.24) is 9.62 Å². The number of carbonyl (C=O) groups excluding carboxylic acids is 2. The highest BCUT2D eigenvalue weighted by Crippen LogP contribution is 2.17. The highest BCUT2D eigenvalue weighted by Gasteiger charge is 2.22. The van der Waals surface area contributed by atoms with Crippen molar-refractivity contribution in [3.05, 3.63) is 24.3 Å². The zero-order chi connectivity index (χ0) is 19.0. The Kier molecular flexibility index (Phi) is 7.52. The molecule has 9 nitrogen and oxygen atoms in total. The normalized spacial score (nSPS) is 11.2. The van der Waals surface area contributed by atoms with Gasteiger partial charge in [-0.25, -0.2) is 8.42 Å². The predicted octanol–water partition coefficient (Wildman–Crippen LogP) is 0.247. The summed E-state index contributed by atoms with van der Waals surface area (Å²) < 4.78 is 25.7. The van der Waals surface area contributed by atoms with Crippen LogP contribution in [-0.2, 0) is 24.4 Å². The first-order valence-electron chi connectivity index (χ1n) is 7.45. The molecule has 0 spiro atoms. The van der Waals surface area contributed by atoms with E-state index in [9.17, 15) is 22.8 Å². The van der Waals surface area contributed by atoms with E-state index in [4.69, 9.17) is 5.11 Å². The maximum Gasteiger partial charge on any atom is 0.303 e. The van der Waals surface area contributed by atoms with Crippen molar-refractivity contribution in [2.45, 2.75) is 24.7 Å². The van der Waals surface area contributed by atoms with E-state index in [0.29, 0.717) is 5.69 Å². The molecule has 0 aliphatic carbocycles. The lowest BCUT2D eigenvalue weighted by Crippen LogP contribution is -2.38. The first kappa shape index (κ1) is 20.6. The molecule has 0 saturated heterocycles. The maximum atomic E-state index is 12.4. The molecular weight excluding hydrogens is 350 g/mol. The van der Waals surface area contributed by atoms with Crippen molar-refractivity contribution in [2.24, 2.45) is 0 Å². The number of nitrogens with one attached hydrogen (secondary N) is 2. The summed E-state index contributed by atoms with van der Waals surface area (Å²) in [6.45, 7) is 1.11. The zero-order valence-corrected chi connectivity index (χ0v) is 14.8. The molecule has 1 rings (SSSR count). The standard InChI is InChI=1S/C15H21N3O6S/c1-11(19)17-12-5-7-13(8-6-12)25(23,24)18(2)10-14(20)16-9-3-4-15(21)22/h5-8H,3-4,9-10H2,1-2H3,(H,16,20)(H,17,19)(H,21,22). The molecule has 10 heteroatoms. The zero-order valence-electron chi connectivity index (χ0n) is 14.0. The smallest absolute Gasteiger partial charge is 0.303 e. The molecule has 0 radical (unpaired) electrons. The minimum Gasteiger partial charge on any atom is -0.481 e. The molecule has 0 aliphatic rings. The van der Waals surface area contributed by atoms with Gasteiger partial charge in [0.05, 0.1) is 11.4 Å². The van der Waals surface area contributed by atoms with Crippen molar-refractivity contribution in [2.75, 3.05) is 25.5 Å². The van der Waals surface area contributed by atoms with E-state index in [0.717, 1.165) is 4.31 Å². The largest absolute Gasteiger partial charge is 0.481 e. The Bertz CT molecular complexity index is 730. The highest BCUT2D eigenvalue weighted by molar-refractivity contribution is 7.89. The van der Waals surface area contributed by atoms with E-state index < -0.39 is 21.9 Å². The van der Waals surface area contributed by atoms with Crippen LogP contribution in [0.3, 0.4) is 0 Å². The Morgan fingerprint density at radius 1 is 1.16 bits per heavy atom. The number of carboxylic acid groups (broad SMARTS) is 1. The third-order valence-corrected chi connectivity index (χ3v) is 4.96. The van der Waals surface area contributed by atoms with Crippen LogP contribution in [0.25, 0.3) is 0 Å². The van der Waals surface area contributed by atoms with Gasteiger partial charge >= 0.3 is 5.97 Å². The van der Waals surface area contributed by atoms with Crippen LogP contribution >= 0.6 is 0 Å². The van der Waals surface area contributed by atoms with Crippen molar-refractivity contribution in [3.8, 4) is 0 Å². The fourth-order valence-corrected chi connectivity index (χ4v) is 3.03. The number of hydrogen-bond donors (Lipinski definition) is 3. The molecule has 0 atom stereocenters. The number of anilines is 1. The van der Waals surface area contributed by atoms with Crippen molar-refractivity contribution < 1.29 is 27.9 Å². The van der Waals surface area contributed by atoms with Gasteiger partial charge in [0.15, 0.2) is 0 Å². The monoisotopic (exact) mass is 371 g/mol. The molecular formula is C15H21N3O6S. The quantitative estimate of drug-likeness (QED) is 0.533. The fourth-order valence-electron chi connectivity index (χ4n) is 1.90. The average Bonchev–Trinajstić information content (AvgIpc) is 2.51. The number of hydrogen-bond acceptors (Lipinski definition) is 5. The van der Waals surface area contributed by atoms with Crippen LogP contribution < -0.4 is 10.6 Å². The van der Waals surface area contributed by atoms with Crippen LogP contribution in [0.5, 0.6) is 0 Å². The van der Waals surface area contributed by atoms with Gasteiger partial charge in [-0.05, 0) is 30.7 Å². The van der Waals surface area contributed by atoms with E-state index in [1.165, 1.54) is 38.2 Å². The Morgan fingerprint density at radius 3 is 2.28 bits per heavy atom. The number of amides is 2. The van der Waals surface area contributed by atoms with Gasteiger partial charge < -0.3 is 15.7 Å². The van der Waals surface area contributed by atoms with Crippen LogP contribution in [0.2, 0.25) is 0 Å². The minimum absolute atomic E-state index is 0.0113. The molecule has 0 aliphatic heterocycles. The van der Waals surface area contributed by atoms with Gasteiger partial charge in [-0.3, -0.25) is 14.4 Å². The third-order valence-electron chi connectivity index (χ3n) is 3.14. The predicted molar refractivity (Wildman–Crippen MR) is 90.4 cm³/mol. The van der Waals surface area contributed by atoms with Gasteiger partial charge in [0.1, 0.15) is 0 Å². The Balaban J connectivity index is 2.63. The summed E-state index contributed by atoms with van der Waals surface area (Å²) in [5.41, 5.74) is 0.463. The summed E-state index contributed by atoms with van der Waals surface area (Å²) in [7, 11) is -2.59. The first-order valence-corrected chi connectivity index (χ1v) is 8.89. The molecule has 0 bridgehead atoms. The number of sulfonamides is 1. The lowest BCUT2D eigenvalue weighted by atomic mass is 10.3. The third kappa shape index (κ3) is 6.89. The summed E-state index contributed by atoms with van der Waals surface area (Å²) in [6, 6.07) is 5.58. The molecule has 0 heterocycles. The molecule has 3 N–H and O–H groups in total. The second-order valence-corrected chi connectivity index (χ2v) is 7.36. The first-order chi connectivity index (χ1) is 11.6. The highest BCUT2D eigenvalue weighted by atomic mass is 32.2. The average molecular weight is 371 g/mol. The minimum atomic E-state index is -3.86. The lowest BCUT2D eigenvalue weighted by Gasteiger charge is -2.17. The summed E-state index contributed by atoms with van der Waals surface area (Å²) in [4.78, 5) is 33.1. The van der Waals surface area contributed by atoms with Crippen LogP contribution in [0.1, 0.15) is 19.8 Å². The molecule has 138 valence electrons. The van der Waals surface area contributed by atoms with Gasteiger partial charge in [-0.1, -0.05) is 0 Å². The van der Waals surface area contributed by atoms with Crippen molar-refractivity contribution in [1.29, 1.82) is 0 Å². The van der Waals surface area contributed by atoms with Gasteiger partial charge in [-0.15, -0.1) is 0 Å². The maximum absolute atomic E-state index is 12.4. The number of carbonyl (C=O) groups is 3. The van der Waals surface area contributed by atoms with E-state index >= 15 is 0 Å². The van der Waals surface area contributed by atoms with Crippen LogP contribution in [0.4, 0.5) is 5.69 Å². The second-order valence-electron chi connectivity index (χ2n) is 5.31. The number of rotatable bonds is 9. The Morgan fingerprint density at radius 2 is 1.76 bits per heavy atom. The van der Waals surface area contributed by atoms with E-state index in [1.54, 1.807) is 0 Å². The number of nitrogens with zero attached hydrogens (tertiary/aromatic N) is 1. The van der Waals surface area contributed by atoms with Crippen LogP contribution in [0.15, 0.2) is 29.2 Å². The molecule has 0 saturated carbocycles. The van der Waals surface area contributed by atoms with Gasteiger partial charge in [0.25, 0.3) is 0 Å². The van der Waals surface area contributed by atoms with E-state index in [-0.39, 0.29) is 36.7 Å². The van der Waals surface area contributed by atoms with Gasteiger partial charge in [0.2, 0.25) is 21.8 Å². The van der Waals surface area contributed by atoms with Crippen LogP contribution in [0, 0.1) is 0 Å². The van der Waals surface area contributed by atoms with Gasteiger partial charge in [0, 0.05) is 32.6 Å². The molecule has 25 heavy (non-hydrogen) atoms. The number of likely N-dealkylation sites (N-methyl/N-ethyl adjacent to an activating group) is 1. The molecule has 0 unspecified atom stereocenters. The SMILES string of the molecule is CC(=O)Nc1ccc(S(=O)(=O)N(C)CC(=O)NCCCC(=O)O)cc1. The molecule has 0 fully saturated rings. The van der Waals surface area contributed by atoms with E-state index in [2.05, 4.69) is 10.6 Å². The lowest BCUT2D eigenvalue weighted by molar-refractivity contribution is -0.137. The number of aliphatic carboxylic acids is 1. The van der Waals surface area contributed by atoms with Crippen LogP contribution in [-0.4, -0.2) is 55.8 Å². The molecule has 0 aromatic heterocycles. The summed E-state index contributed by atoms with van der Waals surface area (Å²) >= 11 is 0. The van der Waals surface area contributed by atoms with Crippen molar-refractivity contribution >= 4 is 33.5 Å². The van der Waals surface area contributed by atoms with Gasteiger partial charge in [-0.2, -0.15) is 4.31 Å². The van der Waals surface area contributed by atoms with Crippen molar-refractivity contribution in [3.63, 3.8) is 0 Å². The molecule has 2 amide bonds. The number of benzene rings is 1. The fraction of sp³-hybridized carbons (Fsp3) is 0.400. The Labute approximate surface area is 146 Å².